The van der Waals surface area contributed by atoms with E-state index in [0.29, 0.717) is 41.9 Å². The minimum Gasteiger partial charge on any atom is -0.356 e. The molecule has 2 aromatic rings. The molecule has 1 heterocycles. The predicted molar refractivity (Wildman–Crippen MR) is 115 cm³/mol. The van der Waals surface area contributed by atoms with E-state index in [4.69, 9.17) is 11.6 Å². The molecular weight excluding hydrogens is 408 g/mol. The zero-order valence-electron chi connectivity index (χ0n) is 16.4. The van der Waals surface area contributed by atoms with Crippen LogP contribution in [0, 0.1) is 5.92 Å². The summed E-state index contributed by atoms with van der Waals surface area (Å²) in [6.45, 7) is 1.60. The monoisotopic (exact) mass is 434 g/mol. The van der Waals surface area contributed by atoms with Gasteiger partial charge < -0.3 is 5.32 Å². The van der Waals surface area contributed by atoms with E-state index >= 15 is 0 Å². The molecule has 0 bridgehead atoms. The van der Waals surface area contributed by atoms with Crippen LogP contribution in [0.25, 0.3) is 0 Å². The SMILES string of the molecule is O=C(CCCc1ccc(Cl)cc1)NCC1CCN(S(=O)(=O)c2ccccc2)CC1. The summed E-state index contributed by atoms with van der Waals surface area (Å²) in [5.41, 5.74) is 1.18. The van der Waals surface area contributed by atoms with Gasteiger partial charge in [-0.05, 0) is 61.4 Å². The Bertz CT molecular complexity index is 893. The van der Waals surface area contributed by atoms with Crippen molar-refractivity contribution < 1.29 is 13.2 Å². The summed E-state index contributed by atoms with van der Waals surface area (Å²) in [7, 11) is -3.42. The molecule has 5 nitrogen and oxygen atoms in total. The molecule has 7 heteroatoms. The molecular formula is C22H27ClN2O3S. The Morgan fingerprint density at radius 3 is 2.34 bits per heavy atom. The summed E-state index contributed by atoms with van der Waals surface area (Å²) in [6, 6.07) is 16.2. The van der Waals surface area contributed by atoms with E-state index in [1.54, 1.807) is 28.6 Å². The van der Waals surface area contributed by atoms with Gasteiger partial charge in [-0.25, -0.2) is 8.42 Å². The summed E-state index contributed by atoms with van der Waals surface area (Å²) >= 11 is 5.88. The van der Waals surface area contributed by atoms with Crippen LogP contribution in [0.3, 0.4) is 0 Å². The van der Waals surface area contributed by atoms with E-state index in [1.807, 2.05) is 30.3 Å². The first kappa shape index (κ1) is 21.8. The van der Waals surface area contributed by atoms with Crippen molar-refractivity contribution in [3.05, 3.63) is 65.2 Å². The van der Waals surface area contributed by atoms with Gasteiger partial charge in [0.05, 0.1) is 4.90 Å². The number of nitrogens with zero attached hydrogens (tertiary/aromatic N) is 1. The topological polar surface area (TPSA) is 66.5 Å². The third-order valence-electron chi connectivity index (χ3n) is 5.32. The van der Waals surface area contributed by atoms with Gasteiger partial charge in [0.15, 0.2) is 0 Å². The molecule has 1 amide bonds. The van der Waals surface area contributed by atoms with Crippen molar-refractivity contribution in [3.63, 3.8) is 0 Å². The Labute approximate surface area is 178 Å². The van der Waals surface area contributed by atoms with Crippen LogP contribution in [0.5, 0.6) is 0 Å². The molecule has 0 unspecified atom stereocenters. The first-order valence-electron chi connectivity index (χ1n) is 10.0. The Morgan fingerprint density at radius 1 is 1.03 bits per heavy atom. The van der Waals surface area contributed by atoms with Gasteiger partial charge in [-0.1, -0.05) is 41.9 Å². The average Bonchev–Trinajstić information content (AvgIpc) is 2.74. The lowest BCUT2D eigenvalue weighted by Gasteiger charge is -2.31. The fourth-order valence-corrected chi connectivity index (χ4v) is 5.16. The Morgan fingerprint density at radius 2 is 1.69 bits per heavy atom. The lowest BCUT2D eigenvalue weighted by molar-refractivity contribution is -0.121. The summed E-state index contributed by atoms with van der Waals surface area (Å²) < 4.78 is 26.9. The maximum absolute atomic E-state index is 12.7. The van der Waals surface area contributed by atoms with Crippen LogP contribution in [-0.4, -0.2) is 38.3 Å². The number of rotatable bonds is 8. The molecule has 1 N–H and O–H groups in total. The summed E-state index contributed by atoms with van der Waals surface area (Å²) in [6.07, 6.45) is 3.65. The number of halogens is 1. The summed E-state index contributed by atoms with van der Waals surface area (Å²) in [5.74, 6) is 0.371. The number of sulfonamides is 1. The second-order valence-corrected chi connectivity index (χ2v) is 9.82. The van der Waals surface area contributed by atoms with E-state index in [9.17, 15) is 13.2 Å². The second kappa shape index (κ2) is 10.2. The normalized spacial score (nSPS) is 15.9. The van der Waals surface area contributed by atoms with Gasteiger partial charge in [0, 0.05) is 31.1 Å². The molecule has 1 aliphatic rings. The van der Waals surface area contributed by atoms with Crippen LogP contribution in [0.1, 0.15) is 31.2 Å². The average molecular weight is 435 g/mol. The molecule has 1 fully saturated rings. The lowest BCUT2D eigenvalue weighted by Crippen LogP contribution is -2.41. The molecule has 156 valence electrons. The molecule has 0 aromatic heterocycles. The maximum Gasteiger partial charge on any atom is 0.243 e. The van der Waals surface area contributed by atoms with E-state index < -0.39 is 10.0 Å². The third kappa shape index (κ3) is 6.29. The van der Waals surface area contributed by atoms with Gasteiger partial charge >= 0.3 is 0 Å². The van der Waals surface area contributed by atoms with Crippen LogP contribution in [0.4, 0.5) is 0 Å². The van der Waals surface area contributed by atoms with Crippen molar-refractivity contribution in [1.29, 1.82) is 0 Å². The standard InChI is InChI=1S/C22H27ClN2O3S/c23-20-11-9-18(10-12-20)5-4-8-22(26)24-17-19-13-15-25(16-14-19)29(27,28)21-6-2-1-3-7-21/h1-3,6-7,9-12,19H,4-5,8,13-17H2,(H,24,26). The minimum absolute atomic E-state index is 0.0540. The van der Waals surface area contributed by atoms with Crippen molar-refractivity contribution in [1.82, 2.24) is 9.62 Å². The predicted octanol–water partition coefficient (Wildman–Crippen LogP) is 3.88. The molecule has 0 atom stereocenters. The van der Waals surface area contributed by atoms with Crippen molar-refractivity contribution in [2.24, 2.45) is 5.92 Å². The fourth-order valence-electron chi connectivity index (χ4n) is 3.55. The molecule has 0 spiro atoms. The molecule has 2 aromatic carbocycles. The van der Waals surface area contributed by atoms with Crippen molar-refractivity contribution >= 4 is 27.5 Å². The first-order chi connectivity index (χ1) is 13.9. The van der Waals surface area contributed by atoms with E-state index in [1.165, 1.54) is 5.56 Å². The smallest absolute Gasteiger partial charge is 0.243 e. The second-order valence-electron chi connectivity index (χ2n) is 7.44. The van der Waals surface area contributed by atoms with Gasteiger partial charge in [0.2, 0.25) is 15.9 Å². The lowest BCUT2D eigenvalue weighted by atomic mass is 9.98. The quantitative estimate of drug-likeness (QED) is 0.685. The number of hydrogen-bond donors (Lipinski definition) is 1. The molecule has 3 rings (SSSR count). The Hall–Kier alpha value is -1.89. The Balaban J connectivity index is 1.36. The maximum atomic E-state index is 12.7. The Kier molecular flexibility index (Phi) is 7.70. The van der Waals surface area contributed by atoms with Gasteiger partial charge in [-0.15, -0.1) is 0 Å². The number of benzene rings is 2. The zero-order chi connectivity index (χ0) is 20.7. The van der Waals surface area contributed by atoms with Gasteiger partial charge in [-0.3, -0.25) is 4.79 Å². The fraction of sp³-hybridized carbons (Fsp3) is 0.409. The molecule has 0 radical (unpaired) electrons. The highest BCUT2D eigenvalue weighted by molar-refractivity contribution is 7.89. The van der Waals surface area contributed by atoms with E-state index in [-0.39, 0.29) is 5.91 Å². The number of piperidine rings is 1. The molecule has 1 aliphatic heterocycles. The van der Waals surface area contributed by atoms with Gasteiger partial charge in [-0.2, -0.15) is 4.31 Å². The third-order valence-corrected chi connectivity index (χ3v) is 7.49. The number of aryl methyl sites for hydroxylation is 1. The summed E-state index contributed by atoms with van der Waals surface area (Å²) in [5, 5.41) is 3.72. The van der Waals surface area contributed by atoms with Crippen LogP contribution in [0.15, 0.2) is 59.5 Å². The van der Waals surface area contributed by atoms with Gasteiger partial charge in [0.25, 0.3) is 0 Å². The molecule has 1 saturated heterocycles. The number of carbonyl (C=O) groups is 1. The molecule has 29 heavy (non-hydrogen) atoms. The number of hydrogen-bond acceptors (Lipinski definition) is 3. The number of amides is 1. The van der Waals surface area contributed by atoms with E-state index in [2.05, 4.69) is 5.32 Å². The zero-order valence-corrected chi connectivity index (χ0v) is 18.0. The summed E-state index contributed by atoms with van der Waals surface area (Å²) in [4.78, 5) is 12.4. The van der Waals surface area contributed by atoms with Crippen molar-refractivity contribution in [2.45, 2.75) is 37.0 Å². The highest BCUT2D eigenvalue weighted by Crippen LogP contribution is 2.23. The van der Waals surface area contributed by atoms with Crippen LogP contribution in [0.2, 0.25) is 5.02 Å². The minimum atomic E-state index is -3.42. The largest absolute Gasteiger partial charge is 0.356 e. The van der Waals surface area contributed by atoms with E-state index in [0.717, 1.165) is 25.7 Å². The number of carbonyl (C=O) groups excluding carboxylic acids is 1. The van der Waals surface area contributed by atoms with Crippen LogP contribution in [-0.2, 0) is 21.2 Å². The first-order valence-corrected chi connectivity index (χ1v) is 11.8. The van der Waals surface area contributed by atoms with Crippen molar-refractivity contribution in [2.75, 3.05) is 19.6 Å². The molecule has 0 aliphatic carbocycles. The highest BCUT2D eigenvalue weighted by Gasteiger charge is 2.29. The highest BCUT2D eigenvalue weighted by atomic mass is 35.5. The van der Waals surface area contributed by atoms with Crippen LogP contribution >= 0.6 is 11.6 Å². The van der Waals surface area contributed by atoms with Gasteiger partial charge in [0.1, 0.15) is 0 Å². The molecule has 0 saturated carbocycles. The number of nitrogens with one attached hydrogen (secondary N) is 1. The van der Waals surface area contributed by atoms with Crippen LogP contribution < -0.4 is 5.32 Å². The van der Waals surface area contributed by atoms with Crippen molar-refractivity contribution in [3.8, 4) is 0 Å².